The molecule has 0 bridgehead atoms. The van der Waals surface area contributed by atoms with Crippen LogP contribution in [0.15, 0.2) is 168 Å². The molecule has 2 aliphatic carbocycles. The first-order chi connectivity index (χ1) is 29.3. The summed E-state index contributed by atoms with van der Waals surface area (Å²) in [5, 5.41) is 19.2. The van der Waals surface area contributed by atoms with E-state index in [1.807, 2.05) is 0 Å². The first-order valence-corrected chi connectivity index (χ1v) is 21.1. The number of anilines is 4. The molecule has 8 nitrogen and oxygen atoms in total. The minimum atomic E-state index is -0.0302. The van der Waals surface area contributed by atoms with E-state index in [1.54, 1.807) is 0 Å². The fourth-order valence-electron chi connectivity index (χ4n) is 10.6. The molecule has 0 amide bonds. The molecule has 3 aromatic heterocycles. The van der Waals surface area contributed by atoms with Crippen LogP contribution in [0.3, 0.4) is 0 Å². The van der Waals surface area contributed by atoms with E-state index in [-0.39, 0.29) is 10.8 Å². The Labute approximate surface area is 349 Å². The van der Waals surface area contributed by atoms with E-state index in [9.17, 15) is 0 Å². The first-order valence-electron chi connectivity index (χ1n) is 21.1. The van der Waals surface area contributed by atoms with Gasteiger partial charge in [0.05, 0.1) is 22.4 Å². The maximum Gasteiger partial charge on any atom is 0.207 e. The SMILES string of the molecule is CC1(C)C2=C(C=CCC2)N(c2ccc(-c3nnc4c5nnc(-c6ccc(N7C8=C(CCC=C8)C(C)(C)c8ccccc87)cc6)n5c5ccccc5n34)cc2)c2ccccc21. The standard InChI is InChI=1S/C52H44N8/c1-51(2)37-15-5-9-19-41(37)57(42-20-10-6-16-38(42)51)35-29-25-33(26-30-35)47-53-55-49-50-56-54-48(60(50)46-24-14-13-23-45(46)59(47)49)34-27-31-36(32-28-34)58-43-21-11-7-17-39(43)52(3,4)40-18-8-12-22-44(40)58/h5,7,9-15,17,19-32H,6,8,16,18H2,1-4H3. The van der Waals surface area contributed by atoms with Crippen molar-refractivity contribution in [3.05, 3.63) is 179 Å². The van der Waals surface area contributed by atoms with Gasteiger partial charge in [-0.25, -0.2) is 0 Å². The Bertz CT molecular complexity index is 2990. The second-order valence-corrected chi connectivity index (χ2v) is 17.5. The third-order valence-corrected chi connectivity index (χ3v) is 13.6. The van der Waals surface area contributed by atoms with Crippen LogP contribution >= 0.6 is 0 Å². The Morgan fingerprint density at radius 3 is 1.28 bits per heavy atom. The number of para-hydroxylation sites is 4. The average molecular weight is 781 g/mol. The number of allylic oxidation sites excluding steroid dienone is 6. The molecule has 0 N–H and O–H groups in total. The molecular weight excluding hydrogens is 737 g/mol. The van der Waals surface area contributed by atoms with E-state index < -0.39 is 0 Å². The molecule has 2 aliphatic heterocycles. The summed E-state index contributed by atoms with van der Waals surface area (Å²) in [7, 11) is 0. The summed E-state index contributed by atoms with van der Waals surface area (Å²) in [6.07, 6.45) is 13.5. The molecule has 0 saturated carbocycles. The van der Waals surface area contributed by atoms with Gasteiger partial charge in [0.2, 0.25) is 11.3 Å². The maximum absolute atomic E-state index is 4.82. The van der Waals surface area contributed by atoms with E-state index in [0.29, 0.717) is 11.3 Å². The van der Waals surface area contributed by atoms with Crippen molar-refractivity contribution in [2.45, 2.75) is 64.2 Å². The quantitative estimate of drug-likeness (QED) is 0.177. The maximum atomic E-state index is 4.82. The summed E-state index contributed by atoms with van der Waals surface area (Å²) >= 11 is 0. The third kappa shape index (κ3) is 4.84. The molecule has 60 heavy (non-hydrogen) atoms. The molecule has 8 aromatic rings. The van der Waals surface area contributed by atoms with Gasteiger partial charge >= 0.3 is 0 Å². The molecule has 5 aromatic carbocycles. The molecule has 4 aliphatic rings. The average Bonchev–Trinajstić information content (AvgIpc) is 3.94. The van der Waals surface area contributed by atoms with E-state index in [1.165, 1.54) is 45.0 Å². The van der Waals surface area contributed by atoms with Crippen LogP contribution in [0.5, 0.6) is 0 Å². The van der Waals surface area contributed by atoms with Crippen molar-refractivity contribution in [1.82, 2.24) is 29.2 Å². The Morgan fingerprint density at radius 2 is 0.850 bits per heavy atom. The monoisotopic (exact) mass is 780 g/mol. The number of hydrogen-bond donors (Lipinski definition) is 0. The summed E-state index contributed by atoms with van der Waals surface area (Å²) < 4.78 is 4.26. The van der Waals surface area contributed by atoms with Crippen LogP contribution in [0.2, 0.25) is 0 Å². The number of hydrogen-bond acceptors (Lipinski definition) is 6. The van der Waals surface area contributed by atoms with Crippen molar-refractivity contribution in [2.24, 2.45) is 0 Å². The van der Waals surface area contributed by atoms with Crippen molar-refractivity contribution in [3.63, 3.8) is 0 Å². The fourth-order valence-corrected chi connectivity index (χ4v) is 10.6. The van der Waals surface area contributed by atoms with Gasteiger partial charge in [0.15, 0.2) is 11.6 Å². The second kappa shape index (κ2) is 12.7. The number of fused-ring (bicyclic) bond motifs is 8. The molecule has 0 saturated heterocycles. The van der Waals surface area contributed by atoms with Crippen molar-refractivity contribution in [3.8, 4) is 22.8 Å². The summed E-state index contributed by atoms with van der Waals surface area (Å²) in [6, 6.07) is 43.6. The van der Waals surface area contributed by atoms with Gasteiger partial charge in [-0.05, 0) is 133 Å². The lowest BCUT2D eigenvalue weighted by molar-refractivity contribution is 0.570. The highest BCUT2D eigenvalue weighted by molar-refractivity contribution is 5.90. The Balaban J connectivity index is 0.941. The highest BCUT2D eigenvalue weighted by atomic mass is 15.3. The molecule has 0 unspecified atom stereocenters. The number of rotatable bonds is 4. The Kier molecular flexibility index (Phi) is 7.41. The van der Waals surface area contributed by atoms with E-state index in [4.69, 9.17) is 20.4 Å². The van der Waals surface area contributed by atoms with Gasteiger partial charge in [0.1, 0.15) is 0 Å². The summed E-state index contributed by atoms with van der Waals surface area (Å²) in [5.74, 6) is 1.52. The van der Waals surface area contributed by atoms with Gasteiger partial charge < -0.3 is 9.80 Å². The number of aromatic nitrogens is 6. The molecule has 12 rings (SSSR count). The topological polar surface area (TPSA) is 66.9 Å². The minimum absolute atomic E-state index is 0.0302. The van der Waals surface area contributed by atoms with Crippen LogP contribution in [0, 0.1) is 0 Å². The zero-order valence-electron chi connectivity index (χ0n) is 34.3. The number of benzene rings is 5. The lowest BCUT2D eigenvalue weighted by atomic mass is 9.70. The molecule has 0 radical (unpaired) electrons. The fraction of sp³-hybridized carbons (Fsp3) is 0.192. The van der Waals surface area contributed by atoms with Crippen LogP contribution in [-0.2, 0) is 10.8 Å². The zero-order valence-corrected chi connectivity index (χ0v) is 34.3. The van der Waals surface area contributed by atoms with Gasteiger partial charge in [-0.1, -0.05) is 88.4 Å². The van der Waals surface area contributed by atoms with Crippen molar-refractivity contribution in [2.75, 3.05) is 9.80 Å². The minimum Gasteiger partial charge on any atom is -0.310 e. The van der Waals surface area contributed by atoms with Crippen LogP contribution in [-0.4, -0.2) is 29.2 Å². The second-order valence-electron chi connectivity index (χ2n) is 17.5. The summed E-state index contributed by atoms with van der Waals surface area (Å²) in [6.45, 7) is 9.46. The molecule has 0 fully saturated rings. The lowest BCUT2D eigenvalue weighted by Gasteiger charge is -2.44. The summed E-state index contributed by atoms with van der Waals surface area (Å²) in [4.78, 5) is 4.85. The predicted octanol–water partition coefficient (Wildman–Crippen LogP) is 12.3. The molecule has 0 atom stereocenters. The molecule has 8 heteroatoms. The largest absolute Gasteiger partial charge is 0.310 e. The normalized spacial score (nSPS) is 17.7. The van der Waals surface area contributed by atoms with E-state index in [0.717, 1.165) is 70.9 Å². The molecule has 292 valence electrons. The van der Waals surface area contributed by atoms with Crippen LogP contribution < -0.4 is 9.80 Å². The number of nitrogens with zero attached hydrogens (tertiary/aromatic N) is 8. The van der Waals surface area contributed by atoms with Gasteiger partial charge in [-0.3, -0.25) is 8.80 Å². The molecule has 5 heterocycles. The van der Waals surface area contributed by atoms with E-state index >= 15 is 0 Å². The van der Waals surface area contributed by atoms with Crippen molar-refractivity contribution in [1.29, 1.82) is 0 Å². The van der Waals surface area contributed by atoms with Crippen molar-refractivity contribution < 1.29 is 0 Å². The molecule has 0 spiro atoms. The van der Waals surface area contributed by atoms with Crippen LogP contribution in [0.4, 0.5) is 22.7 Å². The van der Waals surface area contributed by atoms with Gasteiger partial charge in [-0.15, -0.1) is 20.4 Å². The van der Waals surface area contributed by atoms with Crippen molar-refractivity contribution >= 4 is 45.1 Å². The zero-order chi connectivity index (χ0) is 40.3. The van der Waals surface area contributed by atoms with Crippen LogP contribution in [0.1, 0.15) is 64.5 Å². The highest BCUT2D eigenvalue weighted by Crippen LogP contribution is 2.52. The van der Waals surface area contributed by atoms with Gasteiger partial charge in [-0.2, -0.15) is 0 Å². The molecular formula is C52H44N8. The highest BCUT2D eigenvalue weighted by Gasteiger charge is 2.40. The smallest absolute Gasteiger partial charge is 0.207 e. The lowest BCUT2D eigenvalue weighted by Crippen LogP contribution is -2.34. The Hall–Kier alpha value is -7.06. The predicted molar refractivity (Wildman–Crippen MR) is 242 cm³/mol. The first kappa shape index (κ1) is 34.9. The van der Waals surface area contributed by atoms with E-state index in [2.05, 4.69) is 192 Å². The van der Waals surface area contributed by atoms with Gasteiger partial charge in [0, 0.05) is 44.7 Å². The van der Waals surface area contributed by atoms with Crippen LogP contribution in [0.25, 0.3) is 45.1 Å². The summed E-state index contributed by atoms with van der Waals surface area (Å²) in [5.41, 5.74) is 18.1. The van der Waals surface area contributed by atoms with Gasteiger partial charge in [0.25, 0.3) is 0 Å². The Morgan fingerprint density at radius 1 is 0.450 bits per heavy atom. The third-order valence-electron chi connectivity index (χ3n) is 13.6.